The average molecular weight is 435 g/mol. The molecule has 0 saturated heterocycles. The number of carbonyl (C=O) groups excluding carboxylic acids is 1. The highest BCUT2D eigenvalue weighted by molar-refractivity contribution is 9.10. The van der Waals surface area contributed by atoms with Gasteiger partial charge in [0.05, 0.1) is 5.69 Å². The van der Waals surface area contributed by atoms with Crippen LogP contribution in [0.1, 0.15) is 10.4 Å². The minimum absolute atomic E-state index is 0.166. The highest BCUT2D eigenvalue weighted by Crippen LogP contribution is 2.24. The summed E-state index contributed by atoms with van der Waals surface area (Å²) in [5, 5.41) is 0.758. The second kappa shape index (κ2) is 7.70. The summed E-state index contributed by atoms with van der Waals surface area (Å²) in [7, 11) is 0. The summed E-state index contributed by atoms with van der Waals surface area (Å²) < 4.78 is 12.5. The number of carbonyl (C=O) groups is 1. The SMILES string of the molecule is NC(=O)c1cc2cc(Br)ccc2oc1=Nc1ccc(Oc2ccccc2)cc1. The maximum atomic E-state index is 11.9. The van der Waals surface area contributed by atoms with E-state index in [2.05, 4.69) is 20.9 Å². The number of ether oxygens (including phenoxy) is 1. The van der Waals surface area contributed by atoms with E-state index in [-0.39, 0.29) is 11.1 Å². The van der Waals surface area contributed by atoms with E-state index in [4.69, 9.17) is 14.9 Å². The fourth-order valence-corrected chi connectivity index (χ4v) is 3.07. The van der Waals surface area contributed by atoms with Crippen molar-refractivity contribution in [3.05, 3.63) is 94.5 Å². The Morgan fingerprint density at radius 3 is 2.36 bits per heavy atom. The molecule has 1 heterocycles. The molecule has 3 aromatic carbocycles. The molecule has 0 spiro atoms. The first kappa shape index (κ1) is 18.0. The summed E-state index contributed by atoms with van der Waals surface area (Å²) in [6, 6.07) is 23.9. The molecule has 6 heteroatoms. The van der Waals surface area contributed by atoms with Crippen molar-refractivity contribution in [1.82, 2.24) is 0 Å². The van der Waals surface area contributed by atoms with Gasteiger partial charge in [0.1, 0.15) is 22.6 Å². The molecular weight excluding hydrogens is 420 g/mol. The van der Waals surface area contributed by atoms with Crippen LogP contribution in [-0.2, 0) is 0 Å². The number of halogens is 1. The third kappa shape index (κ3) is 3.97. The maximum absolute atomic E-state index is 11.9. The number of nitrogens with two attached hydrogens (primary N) is 1. The normalized spacial score (nSPS) is 11.5. The Labute approximate surface area is 169 Å². The van der Waals surface area contributed by atoms with Crippen LogP contribution >= 0.6 is 15.9 Å². The summed E-state index contributed by atoms with van der Waals surface area (Å²) in [6.45, 7) is 0. The van der Waals surface area contributed by atoms with Crippen LogP contribution in [0.5, 0.6) is 11.5 Å². The number of hydrogen-bond donors (Lipinski definition) is 1. The first-order valence-electron chi connectivity index (χ1n) is 8.49. The van der Waals surface area contributed by atoms with Gasteiger partial charge >= 0.3 is 0 Å². The van der Waals surface area contributed by atoms with Crippen molar-refractivity contribution in [1.29, 1.82) is 0 Å². The molecule has 0 aliphatic heterocycles. The van der Waals surface area contributed by atoms with Gasteiger partial charge in [-0.15, -0.1) is 0 Å². The summed E-state index contributed by atoms with van der Waals surface area (Å²) >= 11 is 3.40. The highest BCUT2D eigenvalue weighted by atomic mass is 79.9. The Hall–Kier alpha value is -3.38. The Morgan fingerprint density at radius 1 is 0.929 bits per heavy atom. The van der Waals surface area contributed by atoms with E-state index in [1.54, 1.807) is 36.4 Å². The highest BCUT2D eigenvalue weighted by Gasteiger charge is 2.10. The zero-order valence-corrected chi connectivity index (χ0v) is 16.2. The number of primary amides is 1. The molecule has 5 nitrogen and oxygen atoms in total. The van der Waals surface area contributed by atoms with Gasteiger partial charge < -0.3 is 14.9 Å². The Morgan fingerprint density at radius 2 is 1.64 bits per heavy atom. The Balaban J connectivity index is 1.71. The van der Waals surface area contributed by atoms with E-state index in [9.17, 15) is 4.79 Å². The van der Waals surface area contributed by atoms with Gasteiger partial charge in [-0.3, -0.25) is 4.79 Å². The topological polar surface area (TPSA) is 77.8 Å². The number of hydrogen-bond acceptors (Lipinski definition) is 4. The van der Waals surface area contributed by atoms with E-state index < -0.39 is 5.91 Å². The molecule has 0 bridgehead atoms. The summed E-state index contributed by atoms with van der Waals surface area (Å²) in [4.78, 5) is 16.3. The van der Waals surface area contributed by atoms with Crippen LogP contribution < -0.4 is 16.0 Å². The minimum Gasteiger partial charge on any atom is -0.457 e. The zero-order valence-electron chi connectivity index (χ0n) is 14.6. The Bertz CT molecular complexity index is 1220. The fourth-order valence-electron chi connectivity index (χ4n) is 2.69. The number of benzene rings is 3. The smallest absolute Gasteiger partial charge is 0.254 e. The molecule has 1 aromatic heterocycles. The monoisotopic (exact) mass is 434 g/mol. The molecule has 2 N–H and O–H groups in total. The van der Waals surface area contributed by atoms with Crippen molar-refractivity contribution in [2.75, 3.05) is 0 Å². The van der Waals surface area contributed by atoms with Crippen LogP contribution in [0.15, 0.2) is 92.7 Å². The summed E-state index contributed by atoms with van der Waals surface area (Å²) in [5.74, 6) is 0.827. The lowest BCUT2D eigenvalue weighted by Gasteiger charge is -2.05. The van der Waals surface area contributed by atoms with Crippen LogP contribution in [0.3, 0.4) is 0 Å². The van der Waals surface area contributed by atoms with E-state index in [0.29, 0.717) is 17.0 Å². The van der Waals surface area contributed by atoms with Gasteiger partial charge in [0.15, 0.2) is 0 Å². The molecule has 0 unspecified atom stereocenters. The third-order valence-corrected chi connectivity index (χ3v) is 4.51. The number of para-hydroxylation sites is 1. The van der Waals surface area contributed by atoms with Crippen molar-refractivity contribution in [2.45, 2.75) is 0 Å². The van der Waals surface area contributed by atoms with Crippen molar-refractivity contribution < 1.29 is 13.9 Å². The molecule has 4 rings (SSSR count). The maximum Gasteiger partial charge on any atom is 0.254 e. The lowest BCUT2D eigenvalue weighted by molar-refractivity contribution is 0.0996. The second-order valence-electron chi connectivity index (χ2n) is 6.03. The van der Waals surface area contributed by atoms with Crippen LogP contribution in [0.2, 0.25) is 0 Å². The molecule has 0 saturated carbocycles. The van der Waals surface area contributed by atoms with Crippen molar-refractivity contribution >= 4 is 38.5 Å². The van der Waals surface area contributed by atoms with Gasteiger partial charge in [0, 0.05) is 9.86 Å². The van der Waals surface area contributed by atoms with Crippen LogP contribution in [-0.4, -0.2) is 5.91 Å². The van der Waals surface area contributed by atoms with Crippen molar-refractivity contribution in [2.24, 2.45) is 10.7 Å². The summed E-state index contributed by atoms with van der Waals surface area (Å²) in [5.41, 5.74) is 7.12. The van der Waals surface area contributed by atoms with Gasteiger partial charge in [-0.05, 0) is 60.7 Å². The van der Waals surface area contributed by atoms with Gasteiger partial charge in [0.2, 0.25) is 5.55 Å². The first-order chi connectivity index (χ1) is 13.6. The van der Waals surface area contributed by atoms with Gasteiger partial charge in [-0.1, -0.05) is 34.1 Å². The minimum atomic E-state index is -0.603. The predicted molar refractivity (Wildman–Crippen MR) is 111 cm³/mol. The third-order valence-electron chi connectivity index (χ3n) is 4.02. The summed E-state index contributed by atoms with van der Waals surface area (Å²) in [6.07, 6.45) is 0. The molecule has 1 amide bonds. The molecule has 4 aromatic rings. The number of rotatable bonds is 4. The largest absolute Gasteiger partial charge is 0.457 e. The number of nitrogens with zero attached hydrogens (tertiary/aromatic N) is 1. The molecule has 138 valence electrons. The Kier molecular flexibility index (Phi) is 4.95. The number of fused-ring (bicyclic) bond motifs is 1. The average Bonchev–Trinajstić information content (AvgIpc) is 2.70. The van der Waals surface area contributed by atoms with Gasteiger partial charge in [-0.25, -0.2) is 4.99 Å². The predicted octanol–water partition coefficient (Wildman–Crippen LogP) is 5.32. The van der Waals surface area contributed by atoms with E-state index in [1.165, 1.54) is 0 Å². The van der Waals surface area contributed by atoms with Crippen LogP contribution in [0, 0.1) is 0 Å². The lowest BCUT2D eigenvalue weighted by Crippen LogP contribution is -2.21. The lowest BCUT2D eigenvalue weighted by atomic mass is 10.2. The van der Waals surface area contributed by atoms with E-state index in [1.807, 2.05) is 42.5 Å². The first-order valence-corrected chi connectivity index (χ1v) is 9.29. The second-order valence-corrected chi connectivity index (χ2v) is 6.95. The molecule has 0 atom stereocenters. The molecule has 0 fully saturated rings. The van der Waals surface area contributed by atoms with Crippen molar-refractivity contribution in [3.8, 4) is 11.5 Å². The molecule has 28 heavy (non-hydrogen) atoms. The standard InChI is InChI=1S/C22H15BrN2O3/c23-15-6-11-20-14(12-15)13-19(21(24)26)22(28-20)25-16-7-9-18(10-8-16)27-17-4-2-1-3-5-17/h1-13H,(H2,24,26). The van der Waals surface area contributed by atoms with Crippen molar-refractivity contribution in [3.63, 3.8) is 0 Å². The van der Waals surface area contributed by atoms with E-state index >= 15 is 0 Å². The number of amides is 1. The zero-order chi connectivity index (χ0) is 19.5. The van der Waals surface area contributed by atoms with Gasteiger partial charge in [-0.2, -0.15) is 0 Å². The molecular formula is C22H15BrN2O3. The fraction of sp³-hybridized carbons (Fsp3) is 0. The van der Waals surface area contributed by atoms with E-state index in [0.717, 1.165) is 15.6 Å². The van der Waals surface area contributed by atoms with Gasteiger partial charge in [0.25, 0.3) is 5.91 Å². The van der Waals surface area contributed by atoms with Crippen LogP contribution in [0.25, 0.3) is 11.0 Å². The molecule has 0 aliphatic rings. The quantitative estimate of drug-likeness (QED) is 0.472. The van der Waals surface area contributed by atoms with Crippen LogP contribution in [0.4, 0.5) is 5.69 Å². The molecule has 0 radical (unpaired) electrons. The molecule has 0 aliphatic carbocycles.